The van der Waals surface area contributed by atoms with E-state index in [1.807, 2.05) is 0 Å². The standard InChI is InChI=1S/C20H24FNO3/c1-20(2,24)18-8-5-13-22(18)19(23)12-10-14-9-11-17(25-14)15-6-3-4-7-16(15)21/h3-4,6-7,9,11,18,24H,5,8,10,12-13H2,1-2H3. The van der Waals surface area contributed by atoms with Crippen molar-refractivity contribution < 1.29 is 18.7 Å². The van der Waals surface area contributed by atoms with Crippen molar-refractivity contribution >= 4 is 5.91 Å². The zero-order valence-corrected chi connectivity index (χ0v) is 14.7. The summed E-state index contributed by atoms with van der Waals surface area (Å²) in [6.45, 7) is 4.18. The molecule has 0 aliphatic carbocycles. The molecule has 134 valence electrons. The van der Waals surface area contributed by atoms with Crippen molar-refractivity contribution in [1.29, 1.82) is 0 Å². The second kappa shape index (κ2) is 7.00. The number of carbonyl (C=O) groups excluding carboxylic acids is 1. The first-order valence-electron chi connectivity index (χ1n) is 8.72. The number of hydrogen-bond acceptors (Lipinski definition) is 3. The molecule has 1 aromatic heterocycles. The normalized spacial score (nSPS) is 17.9. The van der Waals surface area contributed by atoms with E-state index in [9.17, 15) is 14.3 Å². The summed E-state index contributed by atoms with van der Waals surface area (Å²) in [5.41, 5.74) is -0.476. The molecule has 4 nitrogen and oxygen atoms in total. The van der Waals surface area contributed by atoms with Crippen molar-refractivity contribution in [2.45, 2.75) is 51.2 Å². The van der Waals surface area contributed by atoms with Crippen LogP contribution in [0.5, 0.6) is 0 Å². The first-order valence-corrected chi connectivity index (χ1v) is 8.72. The van der Waals surface area contributed by atoms with Crippen molar-refractivity contribution in [3.05, 3.63) is 48.0 Å². The number of hydrogen-bond donors (Lipinski definition) is 1. The summed E-state index contributed by atoms with van der Waals surface area (Å²) < 4.78 is 19.5. The lowest BCUT2D eigenvalue weighted by molar-refractivity contribution is -0.136. The van der Waals surface area contributed by atoms with E-state index >= 15 is 0 Å². The molecule has 25 heavy (non-hydrogen) atoms. The molecular weight excluding hydrogens is 321 g/mol. The minimum Gasteiger partial charge on any atom is -0.461 e. The molecule has 1 amide bonds. The van der Waals surface area contributed by atoms with Crippen LogP contribution in [0.1, 0.15) is 38.9 Å². The molecule has 2 heterocycles. The molecular formula is C20H24FNO3. The molecule has 0 radical (unpaired) electrons. The van der Waals surface area contributed by atoms with Crippen molar-refractivity contribution in [2.75, 3.05) is 6.54 Å². The third-order valence-electron chi connectivity index (χ3n) is 4.77. The van der Waals surface area contributed by atoms with Crippen molar-refractivity contribution in [2.24, 2.45) is 0 Å². The number of halogens is 1. The average molecular weight is 345 g/mol. The van der Waals surface area contributed by atoms with E-state index in [0.29, 0.717) is 36.5 Å². The highest BCUT2D eigenvalue weighted by Gasteiger charge is 2.38. The minimum atomic E-state index is -0.894. The van der Waals surface area contributed by atoms with Gasteiger partial charge in [-0.2, -0.15) is 0 Å². The van der Waals surface area contributed by atoms with Crippen LogP contribution in [0.15, 0.2) is 40.8 Å². The molecule has 0 spiro atoms. The summed E-state index contributed by atoms with van der Waals surface area (Å²) in [6.07, 6.45) is 2.52. The Bertz CT molecular complexity index is 747. The molecule has 2 aromatic rings. The number of amides is 1. The van der Waals surface area contributed by atoms with E-state index in [4.69, 9.17) is 4.42 Å². The summed E-state index contributed by atoms with van der Waals surface area (Å²) in [4.78, 5) is 14.3. The van der Waals surface area contributed by atoms with Crippen LogP contribution in [0.25, 0.3) is 11.3 Å². The summed E-state index contributed by atoms with van der Waals surface area (Å²) in [5, 5.41) is 10.2. The zero-order chi connectivity index (χ0) is 18.0. The molecule has 1 atom stereocenters. The van der Waals surface area contributed by atoms with Gasteiger partial charge in [0.1, 0.15) is 17.3 Å². The predicted molar refractivity (Wildman–Crippen MR) is 93.5 cm³/mol. The van der Waals surface area contributed by atoms with Crippen molar-refractivity contribution in [1.82, 2.24) is 4.90 Å². The zero-order valence-electron chi connectivity index (χ0n) is 14.7. The van der Waals surface area contributed by atoms with Crippen molar-refractivity contribution in [3.8, 4) is 11.3 Å². The number of furan rings is 1. The number of rotatable bonds is 5. The van der Waals surface area contributed by atoms with Crippen LogP contribution in [-0.4, -0.2) is 34.1 Å². The molecule has 1 aliphatic heterocycles. The van der Waals surface area contributed by atoms with Crippen LogP contribution >= 0.6 is 0 Å². The van der Waals surface area contributed by atoms with Crippen LogP contribution in [0.4, 0.5) is 4.39 Å². The molecule has 5 heteroatoms. The van der Waals surface area contributed by atoms with Crippen LogP contribution in [-0.2, 0) is 11.2 Å². The quantitative estimate of drug-likeness (QED) is 0.897. The second-order valence-corrected chi connectivity index (χ2v) is 7.14. The van der Waals surface area contributed by atoms with E-state index in [1.165, 1.54) is 6.07 Å². The maximum atomic E-state index is 13.8. The molecule has 1 unspecified atom stereocenters. The highest BCUT2D eigenvalue weighted by atomic mass is 19.1. The molecule has 1 fully saturated rings. The van der Waals surface area contributed by atoms with Gasteiger partial charge in [-0.3, -0.25) is 4.79 Å². The maximum absolute atomic E-state index is 13.8. The van der Waals surface area contributed by atoms with Gasteiger partial charge in [0.25, 0.3) is 0 Å². The van der Waals surface area contributed by atoms with Gasteiger partial charge in [-0.25, -0.2) is 4.39 Å². The lowest BCUT2D eigenvalue weighted by Crippen LogP contribution is -2.48. The topological polar surface area (TPSA) is 53.7 Å². The Morgan fingerprint density at radius 3 is 2.80 bits per heavy atom. The Morgan fingerprint density at radius 2 is 2.08 bits per heavy atom. The number of carbonyl (C=O) groups is 1. The van der Waals surface area contributed by atoms with E-state index < -0.39 is 5.60 Å². The first-order chi connectivity index (χ1) is 11.9. The van der Waals surface area contributed by atoms with Crippen LogP contribution < -0.4 is 0 Å². The van der Waals surface area contributed by atoms with E-state index in [2.05, 4.69) is 0 Å². The third-order valence-corrected chi connectivity index (χ3v) is 4.77. The Hall–Kier alpha value is -2.14. The number of likely N-dealkylation sites (tertiary alicyclic amines) is 1. The third kappa shape index (κ3) is 3.93. The number of nitrogens with zero attached hydrogens (tertiary/aromatic N) is 1. The highest BCUT2D eigenvalue weighted by Crippen LogP contribution is 2.28. The summed E-state index contributed by atoms with van der Waals surface area (Å²) in [6, 6.07) is 9.84. The first kappa shape index (κ1) is 17.7. The molecule has 1 aliphatic rings. The van der Waals surface area contributed by atoms with E-state index in [-0.39, 0.29) is 17.8 Å². The highest BCUT2D eigenvalue weighted by molar-refractivity contribution is 5.77. The predicted octanol–water partition coefficient (Wildman–Crippen LogP) is 3.78. The second-order valence-electron chi connectivity index (χ2n) is 7.14. The SMILES string of the molecule is CC(C)(O)C1CCCN1C(=O)CCc1ccc(-c2ccccc2F)o1. The smallest absolute Gasteiger partial charge is 0.223 e. The number of aliphatic hydroxyl groups is 1. The lowest BCUT2D eigenvalue weighted by atomic mass is 9.96. The van der Waals surface area contributed by atoms with Gasteiger partial charge in [0.2, 0.25) is 5.91 Å². The van der Waals surface area contributed by atoms with Gasteiger partial charge in [-0.1, -0.05) is 12.1 Å². The molecule has 1 aromatic carbocycles. The molecule has 1 N–H and O–H groups in total. The maximum Gasteiger partial charge on any atom is 0.223 e. The summed E-state index contributed by atoms with van der Waals surface area (Å²) in [7, 11) is 0. The average Bonchev–Trinajstić information content (AvgIpc) is 3.22. The van der Waals surface area contributed by atoms with Gasteiger partial charge in [0, 0.05) is 19.4 Å². The van der Waals surface area contributed by atoms with Gasteiger partial charge in [-0.15, -0.1) is 0 Å². The van der Waals surface area contributed by atoms with Gasteiger partial charge >= 0.3 is 0 Å². The Labute approximate surface area is 147 Å². The Balaban J connectivity index is 1.63. The summed E-state index contributed by atoms with van der Waals surface area (Å²) in [5.74, 6) is 0.819. The Morgan fingerprint density at radius 1 is 1.32 bits per heavy atom. The van der Waals surface area contributed by atoms with Gasteiger partial charge < -0.3 is 14.4 Å². The molecule has 0 saturated carbocycles. The van der Waals surface area contributed by atoms with Gasteiger partial charge in [0.05, 0.1) is 17.2 Å². The number of benzene rings is 1. The minimum absolute atomic E-state index is 0.0217. The monoisotopic (exact) mass is 345 g/mol. The fraction of sp³-hybridized carbons (Fsp3) is 0.450. The van der Waals surface area contributed by atoms with Crippen LogP contribution in [0, 0.1) is 5.82 Å². The van der Waals surface area contributed by atoms with E-state index in [0.717, 1.165) is 12.8 Å². The Kier molecular flexibility index (Phi) is 4.95. The van der Waals surface area contributed by atoms with Crippen LogP contribution in [0.2, 0.25) is 0 Å². The summed E-state index contributed by atoms with van der Waals surface area (Å²) >= 11 is 0. The lowest BCUT2D eigenvalue weighted by Gasteiger charge is -2.33. The fourth-order valence-electron chi connectivity index (χ4n) is 3.49. The van der Waals surface area contributed by atoms with Crippen molar-refractivity contribution in [3.63, 3.8) is 0 Å². The van der Waals surface area contributed by atoms with E-state index in [1.54, 1.807) is 49.1 Å². The molecule has 3 rings (SSSR count). The number of aryl methyl sites for hydroxylation is 1. The largest absolute Gasteiger partial charge is 0.461 e. The van der Waals surface area contributed by atoms with Gasteiger partial charge in [-0.05, 0) is 51.0 Å². The molecule has 0 bridgehead atoms. The molecule has 1 saturated heterocycles. The fourth-order valence-corrected chi connectivity index (χ4v) is 3.49. The van der Waals surface area contributed by atoms with Crippen LogP contribution in [0.3, 0.4) is 0 Å². The van der Waals surface area contributed by atoms with Gasteiger partial charge in [0.15, 0.2) is 0 Å².